The summed E-state index contributed by atoms with van der Waals surface area (Å²) in [7, 11) is 0. The highest BCUT2D eigenvalue weighted by molar-refractivity contribution is 5.85. The van der Waals surface area contributed by atoms with Crippen molar-refractivity contribution in [2.75, 3.05) is 0 Å². The van der Waals surface area contributed by atoms with E-state index in [1.165, 1.54) is 0 Å². The molecule has 0 aromatic rings. The average Bonchev–Trinajstić information content (AvgIpc) is 1.97. The third-order valence-corrected chi connectivity index (χ3v) is 1.67. The van der Waals surface area contributed by atoms with E-state index in [4.69, 9.17) is 5.73 Å². The summed E-state index contributed by atoms with van der Waals surface area (Å²) in [5.74, 6) is -0.618. The van der Waals surface area contributed by atoms with Crippen LogP contribution in [0.15, 0.2) is 0 Å². The lowest BCUT2D eigenvalue weighted by molar-refractivity contribution is -0.138. The molecule has 0 heterocycles. The molecule has 0 saturated heterocycles. The van der Waals surface area contributed by atoms with Crippen molar-refractivity contribution in [1.29, 1.82) is 0 Å². The molecule has 0 rings (SSSR count). The van der Waals surface area contributed by atoms with Crippen LogP contribution in [0, 0.1) is 5.92 Å². The second kappa shape index (κ2) is 4.60. The fourth-order valence-corrected chi connectivity index (χ4v) is 0.890. The zero-order chi connectivity index (χ0) is 10.6. The Balaban J connectivity index is 3.88. The summed E-state index contributed by atoms with van der Waals surface area (Å²) in [5, 5.41) is 0. The van der Waals surface area contributed by atoms with Gasteiger partial charge in [0.1, 0.15) is 0 Å². The van der Waals surface area contributed by atoms with E-state index < -0.39 is 18.6 Å². The van der Waals surface area contributed by atoms with Gasteiger partial charge in [-0.1, -0.05) is 13.8 Å². The fourth-order valence-electron chi connectivity index (χ4n) is 0.890. The van der Waals surface area contributed by atoms with E-state index in [2.05, 4.69) is 0 Å². The van der Waals surface area contributed by atoms with Gasteiger partial charge in [0.05, 0.1) is 6.04 Å². The van der Waals surface area contributed by atoms with Gasteiger partial charge in [-0.25, -0.2) is 0 Å². The van der Waals surface area contributed by atoms with Crippen LogP contribution in [0.25, 0.3) is 0 Å². The van der Waals surface area contributed by atoms with Gasteiger partial charge in [0.25, 0.3) is 0 Å². The molecule has 0 amide bonds. The van der Waals surface area contributed by atoms with Gasteiger partial charge in [-0.3, -0.25) is 4.79 Å². The maximum absolute atomic E-state index is 11.7. The highest BCUT2D eigenvalue weighted by atomic mass is 19.4. The van der Waals surface area contributed by atoms with Crippen molar-refractivity contribution in [3.8, 4) is 0 Å². The van der Waals surface area contributed by atoms with Gasteiger partial charge < -0.3 is 5.73 Å². The highest BCUT2D eigenvalue weighted by Crippen LogP contribution is 2.22. The van der Waals surface area contributed by atoms with Crippen LogP contribution in [-0.4, -0.2) is 18.0 Å². The largest absolute Gasteiger partial charge is 0.389 e. The summed E-state index contributed by atoms with van der Waals surface area (Å²) in [6.07, 6.45) is -5.54. The number of Topliss-reactive ketones (excluding diaryl/α,β-unsaturated/α-hetero) is 1. The van der Waals surface area contributed by atoms with E-state index >= 15 is 0 Å². The Bertz CT molecular complexity index is 177. The Morgan fingerprint density at radius 3 is 2.15 bits per heavy atom. The Hall–Kier alpha value is -0.580. The lowest BCUT2D eigenvalue weighted by atomic mass is 9.99. The van der Waals surface area contributed by atoms with Gasteiger partial charge in [-0.15, -0.1) is 0 Å². The summed E-state index contributed by atoms with van der Waals surface area (Å²) in [5.41, 5.74) is 5.28. The number of ketones is 1. The first-order valence-electron chi connectivity index (χ1n) is 4.10. The standard InChI is InChI=1S/C8H14F3NO/c1-5(2)7(13)6(12)3-4-8(9,10)11/h5-6H,3-4,12H2,1-2H3. The Kier molecular flexibility index (Phi) is 4.39. The smallest absolute Gasteiger partial charge is 0.321 e. The highest BCUT2D eigenvalue weighted by Gasteiger charge is 2.29. The SMILES string of the molecule is CC(C)C(=O)C(N)CCC(F)(F)F. The van der Waals surface area contributed by atoms with E-state index in [1.807, 2.05) is 0 Å². The van der Waals surface area contributed by atoms with Crippen molar-refractivity contribution >= 4 is 5.78 Å². The molecule has 78 valence electrons. The molecule has 0 aliphatic rings. The van der Waals surface area contributed by atoms with E-state index in [9.17, 15) is 18.0 Å². The summed E-state index contributed by atoms with van der Waals surface area (Å²) in [6, 6.07) is -0.985. The molecule has 0 bridgehead atoms. The lowest BCUT2D eigenvalue weighted by Crippen LogP contribution is -2.34. The predicted molar refractivity (Wildman–Crippen MR) is 43.1 cm³/mol. The van der Waals surface area contributed by atoms with E-state index in [0.717, 1.165) is 0 Å². The van der Waals surface area contributed by atoms with Crippen molar-refractivity contribution in [3.63, 3.8) is 0 Å². The molecule has 0 aromatic heterocycles. The van der Waals surface area contributed by atoms with Crippen LogP contribution < -0.4 is 5.73 Å². The molecular formula is C8H14F3NO. The van der Waals surface area contributed by atoms with Crippen LogP contribution in [0.2, 0.25) is 0 Å². The summed E-state index contributed by atoms with van der Waals surface area (Å²) in [6.45, 7) is 3.24. The summed E-state index contributed by atoms with van der Waals surface area (Å²) in [4.78, 5) is 11.1. The molecule has 1 unspecified atom stereocenters. The normalized spacial score (nSPS) is 14.7. The van der Waals surface area contributed by atoms with Crippen molar-refractivity contribution in [3.05, 3.63) is 0 Å². The predicted octanol–water partition coefficient (Wildman–Crippen LogP) is 1.88. The number of rotatable bonds is 4. The Morgan fingerprint density at radius 2 is 1.85 bits per heavy atom. The second-order valence-corrected chi connectivity index (χ2v) is 3.32. The van der Waals surface area contributed by atoms with Crippen LogP contribution in [0.5, 0.6) is 0 Å². The van der Waals surface area contributed by atoms with Gasteiger partial charge in [-0.2, -0.15) is 13.2 Å². The molecule has 0 fully saturated rings. The first-order valence-corrected chi connectivity index (χ1v) is 4.10. The Morgan fingerprint density at radius 1 is 1.38 bits per heavy atom. The van der Waals surface area contributed by atoms with Crippen LogP contribution in [0.4, 0.5) is 13.2 Å². The summed E-state index contributed by atoms with van der Waals surface area (Å²) >= 11 is 0. The molecule has 0 aromatic carbocycles. The van der Waals surface area contributed by atoms with Gasteiger partial charge in [0.15, 0.2) is 5.78 Å². The lowest BCUT2D eigenvalue weighted by Gasteiger charge is -2.13. The summed E-state index contributed by atoms with van der Waals surface area (Å²) < 4.78 is 35.1. The molecule has 0 aliphatic heterocycles. The third kappa shape index (κ3) is 5.63. The number of hydrogen-bond donors (Lipinski definition) is 1. The monoisotopic (exact) mass is 197 g/mol. The van der Waals surface area contributed by atoms with E-state index in [1.54, 1.807) is 13.8 Å². The maximum Gasteiger partial charge on any atom is 0.389 e. The minimum atomic E-state index is -4.23. The van der Waals surface area contributed by atoms with Crippen molar-refractivity contribution in [1.82, 2.24) is 0 Å². The molecule has 0 radical (unpaired) electrons. The Labute approximate surface area is 75.3 Å². The van der Waals surface area contributed by atoms with E-state index in [-0.39, 0.29) is 18.1 Å². The van der Waals surface area contributed by atoms with Gasteiger partial charge >= 0.3 is 6.18 Å². The number of halogens is 3. The molecule has 5 heteroatoms. The first kappa shape index (κ1) is 12.4. The van der Waals surface area contributed by atoms with Gasteiger partial charge in [0.2, 0.25) is 0 Å². The van der Waals surface area contributed by atoms with Gasteiger partial charge in [-0.05, 0) is 6.42 Å². The van der Waals surface area contributed by atoms with Crippen LogP contribution in [-0.2, 0) is 4.79 Å². The zero-order valence-electron chi connectivity index (χ0n) is 7.69. The quantitative estimate of drug-likeness (QED) is 0.747. The van der Waals surface area contributed by atoms with Crippen molar-refractivity contribution < 1.29 is 18.0 Å². The number of carbonyl (C=O) groups is 1. The van der Waals surface area contributed by atoms with Crippen LogP contribution in [0.3, 0.4) is 0 Å². The molecule has 1 atom stereocenters. The van der Waals surface area contributed by atoms with Crippen LogP contribution >= 0.6 is 0 Å². The average molecular weight is 197 g/mol. The van der Waals surface area contributed by atoms with Crippen molar-refractivity contribution in [2.24, 2.45) is 11.7 Å². The number of nitrogens with two attached hydrogens (primary N) is 1. The molecular weight excluding hydrogens is 183 g/mol. The molecule has 0 saturated carbocycles. The minimum absolute atomic E-state index is 0.303. The first-order chi connectivity index (χ1) is 5.74. The molecule has 13 heavy (non-hydrogen) atoms. The maximum atomic E-state index is 11.7. The second-order valence-electron chi connectivity index (χ2n) is 3.32. The number of carbonyl (C=O) groups excluding carboxylic acids is 1. The molecule has 2 nitrogen and oxygen atoms in total. The molecule has 0 spiro atoms. The minimum Gasteiger partial charge on any atom is -0.321 e. The fraction of sp³-hybridized carbons (Fsp3) is 0.875. The van der Waals surface area contributed by atoms with Gasteiger partial charge in [0, 0.05) is 12.3 Å². The zero-order valence-corrected chi connectivity index (χ0v) is 7.69. The van der Waals surface area contributed by atoms with Crippen molar-refractivity contribution in [2.45, 2.75) is 38.9 Å². The molecule has 0 aliphatic carbocycles. The third-order valence-electron chi connectivity index (χ3n) is 1.67. The van der Waals surface area contributed by atoms with E-state index in [0.29, 0.717) is 0 Å². The number of hydrogen-bond acceptors (Lipinski definition) is 2. The van der Waals surface area contributed by atoms with Crippen LogP contribution in [0.1, 0.15) is 26.7 Å². The number of alkyl halides is 3. The molecule has 2 N–H and O–H groups in total. The topological polar surface area (TPSA) is 43.1 Å².